The van der Waals surface area contributed by atoms with E-state index >= 15 is 0 Å². The summed E-state index contributed by atoms with van der Waals surface area (Å²) in [7, 11) is 0. The molecule has 2 aromatic carbocycles. The van der Waals surface area contributed by atoms with Crippen molar-refractivity contribution in [1.29, 1.82) is 0 Å². The highest BCUT2D eigenvalue weighted by Crippen LogP contribution is 2.25. The molecule has 0 heterocycles. The third-order valence-corrected chi connectivity index (χ3v) is 4.09. The van der Waals surface area contributed by atoms with Crippen molar-refractivity contribution in [1.82, 2.24) is 0 Å². The maximum absolute atomic E-state index is 10.4. The second-order valence-corrected chi connectivity index (χ2v) is 6.18. The summed E-state index contributed by atoms with van der Waals surface area (Å²) in [4.78, 5) is 0. The third kappa shape index (κ3) is 4.31. The molecule has 0 saturated heterocycles. The number of rotatable bonds is 5. The van der Waals surface area contributed by atoms with Gasteiger partial charge >= 0.3 is 0 Å². The molecule has 0 bridgehead atoms. The SMILES string of the molecule is Cc1cccc(CC(C)C(N)C(O)c2cccc(Cl)c2)c1. The predicted octanol–water partition coefficient (Wildman–Crippen LogP) is 3.89. The van der Waals surface area contributed by atoms with Gasteiger partial charge in [-0.05, 0) is 42.5 Å². The Labute approximate surface area is 131 Å². The molecule has 0 saturated carbocycles. The zero-order valence-electron chi connectivity index (χ0n) is 12.5. The molecule has 0 aliphatic heterocycles. The first-order valence-electron chi connectivity index (χ1n) is 7.22. The highest BCUT2D eigenvalue weighted by Gasteiger charge is 2.23. The van der Waals surface area contributed by atoms with Crippen LogP contribution in [0.25, 0.3) is 0 Å². The highest BCUT2D eigenvalue weighted by molar-refractivity contribution is 6.30. The molecule has 3 heteroatoms. The van der Waals surface area contributed by atoms with Crippen molar-refractivity contribution >= 4 is 11.6 Å². The Morgan fingerprint density at radius 2 is 1.86 bits per heavy atom. The minimum absolute atomic E-state index is 0.167. The van der Waals surface area contributed by atoms with Gasteiger partial charge < -0.3 is 10.8 Å². The van der Waals surface area contributed by atoms with E-state index in [2.05, 4.69) is 38.1 Å². The molecule has 3 unspecified atom stereocenters. The summed E-state index contributed by atoms with van der Waals surface area (Å²) in [6.45, 7) is 4.15. The number of hydrogen-bond acceptors (Lipinski definition) is 2. The molecule has 0 aliphatic rings. The van der Waals surface area contributed by atoms with E-state index in [1.807, 2.05) is 12.1 Å². The molecule has 112 valence electrons. The van der Waals surface area contributed by atoms with Crippen LogP contribution in [0.15, 0.2) is 48.5 Å². The lowest BCUT2D eigenvalue weighted by Gasteiger charge is -2.25. The summed E-state index contributed by atoms with van der Waals surface area (Å²) in [5.41, 5.74) is 9.49. The Hall–Kier alpha value is -1.35. The lowest BCUT2D eigenvalue weighted by atomic mass is 9.88. The van der Waals surface area contributed by atoms with Crippen LogP contribution in [-0.2, 0) is 6.42 Å². The average molecular weight is 304 g/mol. The first-order valence-corrected chi connectivity index (χ1v) is 7.60. The number of aryl methyl sites for hydroxylation is 1. The number of halogens is 1. The Kier molecular flexibility index (Phi) is 5.40. The quantitative estimate of drug-likeness (QED) is 0.880. The van der Waals surface area contributed by atoms with Crippen LogP contribution in [0.1, 0.15) is 29.7 Å². The lowest BCUT2D eigenvalue weighted by molar-refractivity contribution is 0.121. The standard InChI is InChI=1S/C18H22ClNO/c1-12-5-3-6-14(9-12)10-13(2)17(20)18(21)15-7-4-8-16(19)11-15/h3-9,11,13,17-18,21H,10,20H2,1-2H3. The van der Waals surface area contributed by atoms with Gasteiger partial charge in [0.05, 0.1) is 6.10 Å². The van der Waals surface area contributed by atoms with Crippen LogP contribution >= 0.6 is 11.6 Å². The fourth-order valence-electron chi connectivity index (χ4n) is 2.57. The van der Waals surface area contributed by atoms with Gasteiger partial charge in [0, 0.05) is 11.1 Å². The molecule has 0 spiro atoms. The van der Waals surface area contributed by atoms with Crippen LogP contribution in [-0.4, -0.2) is 11.1 Å². The Bertz CT molecular complexity index is 599. The smallest absolute Gasteiger partial charge is 0.0944 e. The fourth-order valence-corrected chi connectivity index (χ4v) is 2.77. The Morgan fingerprint density at radius 1 is 1.14 bits per heavy atom. The molecule has 2 aromatic rings. The van der Waals surface area contributed by atoms with Gasteiger partial charge in [0.2, 0.25) is 0 Å². The van der Waals surface area contributed by atoms with Crippen LogP contribution < -0.4 is 5.73 Å². The minimum atomic E-state index is -0.705. The van der Waals surface area contributed by atoms with Crippen molar-refractivity contribution in [3.05, 3.63) is 70.2 Å². The topological polar surface area (TPSA) is 46.2 Å². The van der Waals surface area contributed by atoms with Crippen molar-refractivity contribution in [3.8, 4) is 0 Å². The van der Waals surface area contributed by atoms with Gasteiger partial charge in [-0.1, -0.05) is 60.5 Å². The molecule has 0 aliphatic carbocycles. The summed E-state index contributed by atoms with van der Waals surface area (Å²) in [5.74, 6) is 0.167. The lowest BCUT2D eigenvalue weighted by Crippen LogP contribution is -2.36. The van der Waals surface area contributed by atoms with Gasteiger partial charge in [0.15, 0.2) is 0 Å². The van der Waals surface area contributed by atoms with E-state index in [9.17, 15) is 5.11 Å². The number of hydrogen-bond donors (Lipinski definition) is 2. The zero-order chi connectivity index (χ0) is 15.4. The minimum Gasteiger partial charge on any atom is -0.387 e. The van der Waals surface area contributed by atoms with Crippen LogP contribution in [0.4, 0.5) is 0 Å². The number of benzene rings is 2. The van der Waals surface area contributed by atoms with Crippen molar-refractivity contribution in [2.75, 3.05) is 0 Å². The summed E-state index contributed by atoms with van der Waals surface area (Å²) in [6, 6.07) is 15.3. The van der Waals surface area contributed by atoms with Crippen molar-refractivity contribution in [3.63, 3.8) is 0 Å². The molecule has 2 nitrogen and oxygen atoms in total. The maximum atomic E-state index is 10.4. The van der Waals surface area contributed by atoms with Gasteiger partial charge in [-0.15, -0.1) is 0 Å². The van der Waals surface area contributed by atoms with E-state index in [-0.39, 0.29) is 12.0 Å². The van der Waals surface area contributed by atoms with Crippen LogP contribution in [0.3, 0.4) is 0 Å². The highest BCUT2D eigenvalue weighted by atomic mass is 35.5. The molecule has 3 N–H and O–H groups in total. The van der Waals surface area contributed by atoms with E-state index in [1.54, 1.807) is 12.1 Å². The summed E-state index contributed by atoms with van der Waals surface area (Å²) >= 11 is 5.97. The van der Waals surface area contributed by atoms with E-state index < -0.39 is 6.10 Å². The van der Waals surface area contributed by atoms with Crippen molar-refractivity contribution in [2.24, 2.45) is 11.7 Å². The Morgan fingerprint density at radius 3 is 2.52 bits per heavy atom. The number of nitrogens with two attached hydrogens (primary N) is 1. The molecule has 3 atom stereocenters. The summed E-state index contributed by atoms with van der Waals surface area (Å²) in [6.07, 6.45) is 0.143. The summed E-state index contributed by atoms with van der Waals surface area (Å²) < 4.78 is 0. The molecular weight excluding hydrogens is 282 g/mol. The van der Waals surface area contributed by atoms with Gasteiger partial charge in [-0.25, -0.2) is 0 Å². The van der Waals surface area contributed by atoms with Gasteiger partial charge in [-0.3, -0.25) is 0 Å². The number of aliphatic hydroxyl groups is 1. The van der Waals surface area contributed by atoms with E-state index in [0.29, 0.717) is 5.02 Å². The molecule has 2 rings (SSSR count). The average Bonchev–Trinajstić information content (AvgIpc) is 2.45. The van der Waals surface area contributed by atoms with E-state index in [0.717, 1.165) is 12.0 Å². The molecule has 0 aromatic heterocycles. The monoisotopic (exact) mass is 303 g/mol. The summed E-state index contributed by atoms with van der Waals surface area (Å²) in [5, 5.41) is 11.0. The molecule has 0 radical (unpaired) electrons. The van der Waals surface area contributed by atoms with Crippen LogP contribution in [0.2, 0.25) is 5.02 Å². The first kappa shape index (κ1) is 16.0. The molecule has 0 amide bonds. The second-order valence-electron chi connectivity index (χ2n) is 5.75. The maximum Gasteiger partial charge on any atom is 0.0944 e. The fraction of sp³-hybridized carbons (Fsp3) is 0.333. The predicted molar refractivity (Wildman–Crippen MR) is 88.4 cm³/mol. The van der Waals surface area contributed by atoms with Crippen molar-refractivity contribution in [2.45, 2.75) is 32.4 Å². The number of aliphatic hydroxyl groups excluding tert-OH is 1. The van der Waals surface area contributed by atoms with Gasteiger partial charge in [0.25, 0.3) is 0 Å². The van der Waals surface area contributed by atoms with Gasteiger partial charge in [-0.2, -0.15) is 0 Å². The second kappa shape index (κ2) is 7.08. The zero-order valence-corrected chi connectivity index (χ0v) is 13.2. The normalized spacial score (nSPS) is 15.5. The largest absolute Gasteiger partial charge is 0.387 e. The Balaban J connectivity index is 2.06. The molecule has 21 heavy (non-hydrogen) atoms. The van der Waals surface area contributed by atoms with E-state index in [1.165, 1.54) is 11.1 Å². The molecular formula is C18H22ClNO. The molecule has 0 fully saturated rings. The first-order chi connectivity index (χ1) is 9.97. The third-order valence-electron chi connectivity index (χ3n) is 3.85. The van der Waals surface area contributed by atoms with E-state index in [4.69, 9.17) is 17.3 Å². The van der Waals surface area contributed by atoms with Crippen LogP contribution in [0, 0.1) is 12.8 Å². The van der Waals surface area contributed by atoms with Gasteiger partial charge in [0.1, 0.15) is 0 Å². The van der Waals surface area contributed by atoms with Crippen LogP contribution in [0.5, 0.6) is 0 Å². The van der Waals surface area contributed by atoms with Crippen molar-refractivity contribution < 1.29 is 5.11 Å².